The van der Waals surface area contributed by atoms with Gasteiger partial charge in [-0.2, -0.15) is 0 Å². The average molecular weight is 432 g/mol. The van der Waals surface area contributed by atoms with Gasteiger partial charge in [0.25, 0.3) is 5.91 Å². The van der Waals surface area contributed by atoms with E-state index in [9.17, 15) is 14.4 Å². The lowest BCUT2D eigenvalue weighted by molar-refractivity contribution is -0.139. The van der Waals surface area contributed by atoms with Gasteiger partial charge in [-0.25, -0.2) is 4.79 Å². The van der Waals surface area contributed by atoms with E-state index >= 15 is 0 Å². The van der Waals surface area contributed by atoms with Crippen molar-refractivity contribution in [2.75, 3.05) is 13.1 Å². The largest absolute Gasteiger partial charge is 0.336 e. The number of urea groups is 1. The zero-order valence-electron chi connectivity index (χ0n) is 15.7. The van der Waals surface area contributed by atoms with Crippen LogP contribution in [-0.4, -0.2) is 40.7 Å². The molecule has 29 heavy (non-hydrogen) atoms. The third-order valence-corrected chi connectivity index (χ3v) is 6.07. The van der Waals surface area contributed by atoms with Crippen molar-refractivity contribution in [3.63, 3.8) is 0 Å². The smallest absolute Gasteiger partial charge is 0.325 e. The molecule has 2 aliphatic heterocycles. The first-order valence-corrected chi connectivity index (χ1v) is 9.99. The molecule has 0 bridgehead atoms. The molecule has 150 valence electrons. The molecular formula is C21H19Cl2N3O3. The molecule has 0 radical (unpaired) electrons. The number of hydrogen-bond acceptors (Lipinski definition) is 3. The summed E-state index contributed by atoms with van der Waals surface area (Å²) < 4.78 is 0. The third-order valence-electron chi connectivity index (χ3n) is 5.52. The van der Waals surface area contributed by atoms with Crippen LogP contribution in [-0.2, 0) is 28.1 Å². The van der Waals surface area contributed by atoms with Gasteiger partial charge in [-0.3, -0.25) is 14.5 Å². The second-order valence-electron chi connectivity index (χ2n) is 7.40. The van der Waals surface area contributed by atoms with Gasteiger partial charge >= 0.3 is 6.03 Å². The lowest BCUT2D eigenvalue weighted by Crippen LogP contribution is -2.45. The molecule has 4 amide bonds. The van der Waals surface area contributed by atoms with E-state index in [4.69, 9.17) is 23.2 Å². The molecule has 0 spiro atoms. The molecule has 6 nitrogen and oxygen atoms in total. The predicted octanol–water partition coefficient (Wildman–Crippen LogP) is 3.35. The van der Waals surface area contributed by atoms with Crippen LogP contribution in [0.2, 0.25) is 10.0 Å². The standard InChI is InChI=1S/C21H19Cl2N3O3/c1-21(16-7-6-15(22)10-17(16)23)19(28)26(20(29)24-21)12-18(27)25-9-8-13-4-2-3-5-14(13)11-25/h2-7,10H,8-9,11-12H2,1H3,(H,24,29)/t21-/m0/s1. The van der Waals surface area contributed by atoms with E-state index in [1.54, 1.807) is 24.0 Å². The SMILES string of the molecule is C[C@@]1(c2ccc(Cl)cc2Cl)NC(=O)N(CC(=O)N2CCc3ccccc3C2)C1=O. The first-order chi connectivity index (χ1) is 13.8. The second-order valence-corrected chi connectivity index (χ2v) is 8.25. The molecule has 2 aromatic carbocycles. The Hall–Kier alpha value is -2.57. The van der Waals surface area contributed by atoms with Crippen LogP contribution in [0.5, 0.6) is 0 Å². The number of benzene rings is 2. The zero-order valence-corrected chi connectivity index (χ0v) is 17.3. The minimum atomic E-state index is -1.35. The number of hydrogen-bond donors (Lipinski definition) is 1. The number of nitrogens with one attached hydrogen (secondary N) is 1. The number of imide groups is 1. The van der Waals surface area contributed by atoms with Gasteiger partial charge < -0.3 is 10.2 Å². The Labute approximate surface area is 178 Å². The number of fused-ring (bicyclic) bond motifs is 1. The summed E-state index contributed by atoms with van der Waals surface area (Å²) >= 11 is 12.2. The van der Waals surface area contributed by atoms with E-state index in [0.717, 1.165) is 16.9 Å². The average Bonchev–Trinajstić information content (AvgIpc) is 2.91. The van der Waals surface area contributed by atoms with Crippen LogP contribution >= 0.6 is 23.2 Å². The van der Waals surface area contributed by atoms with E-state index in [0.29, 0.717) is 23.7 Å². The van der Waals surface area contributed by atoms with E-state index in [-0.39, 0.29) is 17.5 Å². The maximum absolute atomic E-state index is 13.1. The van der Waals surface area contributed by atoms with Gasteiger partial charge in [-0.1, -0.05) is 53.5 Å². The van der Waals surface area contributed by atoms with Gasteiger partial charge in [0.1, 0.15) is 12.1 Å². The van der Waals surface area contributed by atoms with Gasteiger partial charge in [-0.05, 0) is 36.6 Å². The zero-order chi connectivity index (χ0) is 20.8. The summed E-state index contributed by atoms with van der Waals surface area (Å²) in [4.78, 5) is 41.0. The quantitative estimate of drug-likeness (QED) is 0.757. The van der Waals surface area contributed by atoms with Crippen LogP contribution < -0.4 is 5.32 Å². The molecule has 1 N–H and O–H groups in total. The Bertz CT molecular complexity index is 1030. The van der Waals surface area contributed by atoms with Crippen LogP contribution in [0, 0.1) is 0 Å². The van der Waals surface area contributed by atoms with Crippen molar-refractivity contribution >= 4 is 41.0 Å². The summed E-state index contributed by atoms with van der Waals surface area (Å²) in [7, 11) is 0. The van der Waals surface area contributed by atoms with E-state index in [1.807, 2.05) is 18.2 Å². The normalized spacial score (nSPS) is 21.2. The number of nitrogens with zero attached hydrogens (tertiary/aromatic N) is 2. The minimum absolute atomic E-state index is 0.269. The lowest BCUT2D eigenvalue weighted by atomic mass is 9.92. The van der Waals surface area contributed by atoms with Gasteiger partial charge in [-0.15, -0.1) is 0 Å². The van der Waals surface area contributed by atoms with E-state index < -0.39 is 17.5 Å². The molecule has 2 aliphatic rings. The fraction of sp³-hybridized carbons (Fsp3) is 0.286. The summed E-state index contributed by atoms with van der Waals surface area (Å²) in [5, 5.41) is 3.37. The number of halogens is 2. The molecule has 0 aromatic heterocycles. The Morgan fingerprint density at radius 2 is 1.86 bits per heavy atom. The predicted molar refractivity (Wildman–Crippen MR) is 110 cm³/mol. The summed E-state index contributed by atoms with van der Waals surface area (Å²) in [5.74, 6) is -0.785. The van der Waals surface area contributed by atoms with Gasteiger partial charge in [0.05, 0.1) is 0 Å². The van der Waals surface area contributed by atoms with Gasteiger partial charge in [0.2, 0.25) is 5.91 Å². The van der Waals surface area contributed by atoms with Crippen molar-refractivity contribution in [2.24, 2.45) is 0 Å². The van der Waals surface area contributed by atoms with E-state index in [1.165, 1.54) is 11.6 Å². The monoisotopic (exact) mass is 431 g/mol. The van der Waals surface area contributed by atoms with Crippen molar-refractivity contribution in [3.8, 4) is 0 Å². The maximum Gasteiger partial charge on any atom is 0.325 e. The minimum Gasteiger partial charge on any atom is -0.336 e. The number of amides is 4. The summed E-state index contributed by atoms with van der Waals surface area (Å²) in [6, 6.07) is 12.1. The van der Waals surface area contributed by atoms with Crippen molar-refractivity contribution in [3.05, 3.63) is 69.2 Å². The first kappa shape index (κ1) is 19.7. The topological polar surface area (TPSA) is 69.7 Å². The van der Waals surface area contributed by atoms with Crippen LogP contribution in [0.25, 0.3) is 0 Å². The van der Waals surface area contributed by atoms with Crippen LogP contribution in [0.1, 0.15) is 23.6 Å². The third kappa shape index (κ3) is 3.47. The molecule has 0 unspecified atom stereocenters. The Morgan fingerprint density at radius 3 is 2.59 bits per heavy atom. The van der Waals surface area contributed by atoms with Crippen molar-refractivity contribution in [1.29, 1.82) is 0 Å². The highest BCUT2D eigenvalue weighted by Crippen LogP contribution is 2.35. The van der Waals surface area contributed by atoms with Crippen molar-refractivity contribution < 1.29 is 14.4 Å². The fourth-order valence-electron chi connectivity index (χ4n) is 3.86. The molecule has 0 aliphatic carbocycles. The Kier molecular flexibility index (Phi) is 5.00. The highest BCUT2D eigenvalue weighted by molar-refractivity contribution is 6.35. The van der Waals surface area contributed by atoms with E-state index in [2.05, 4.69) is 11.4 Å². The number of carbonyl (C=O) groups excluding carboxylic acids is 3. The number of rotatable bonds is 3. The summed E-state index contributed by atoms with van der Waals surface area (Å²) in [6.45, 7) is 2.29. The molecule has 1 saturated heterocycles. The fourth-order valence-corrected chi connectivity index (χ4v) is 4.46. The van der Waals surface area contributed by atoms with Crippen LogP contribution in [0.3, 0.4) is 0 Å². The Morgan fingerprint density at radius 1 is 1.14 bits per heavy atom. The molecule has 4 rings (SSSR count). The van der Waals surface area contributed by atoms with Gasteiger partial charge in [0, 0.05) is 28.7 Å². The summed E-state index contributed by atoms with van der Waals surface area (Å²) in [5.41, 5.74) is 1.38. The highest BCUT2D eigenvalue weighted by atomic mass is 35.5. The van der Waals surface area contributed by atoms with Gasteiger partial charge in [0.15, 0.2) is 0 Å². The summed E-state index contributed by atoms with van der Waals surface area (Å²) in [6.07, 6.45) is 0.750. The first-order valence-electron chi connectivity index (χ1n) is 9.24. The van der Waals surface area contributed by atoms with Crippen LogP contribution in [0.4, 0.5) is 4.79 Å². The lowest BCUT2D eigenvalue weighted by Gasteiger charge is -2.30. The molecular weight excluding hydrogens is 413 g/mol. The molecule has 8 heteroatoms. The number of carbonyl (C=O) groups is 3. The molecule has 0 saturated carbocycles. The Balaban J connectivity index is 1.52. The molecule has 1 fully saturated rings. The highest BCUT2D eigenvalue weighted by Gasteiger charge is 2.50. The molecule has 2 heterocycles. The molecule has 2 aromatic rings. The molecule has 1 atom stereocenters. The van der Waals surface area contributed by atoms with Crippen molar-refractivity contribution in [1.82, 2.24) is 15.1 Å². The maximum atomic E-state index is 13.1. The van der Waals surface area contributed by atoms with Crippen molar-refractivity contribution in [2.45, 2.75) is 25.4 Å². The van der Waals surface area contributed by atoms with Crippen LogP contribution in [0.15, 0.2) is 42.5 Å². The second kappa shape index (κ2) is 7.35.